The number of nitrogens with one attached hydrogen (secondary N) is 2. The minimum Gasteiger partial charge on any atom is -0.355 e. The Morgan fingerprint density at radius 3 is 2.23 bits per heavy atom. The lowest BCUT2D eigenvalue weighted by atomic mass is 10.1. The zero-order chi connectivity index (χ0) is 21.5. The van der Waals surface area contributed by atoms with E-state index < -0.39 is 17.2 Å². The summed E-state index contributed by atoms with van der Waals surface area (Å²) < 4.78 is 1.72. The maximum Gasteiger partial charge on any atom is 0.257 e. The summed E-state index contributed by atoms with van der Waals surface area (Å²) in [7, 11) is 1.46. The molecular formula is C24H25N3O3. The number of benzene rings is 2. The van der Waals surface area contributed by atoms with Gasteiger partial charge in [0.25, 0.3) is 11.8 Å². The monoisotopic (exact) mass is 403 g/mol. The Morgan fingerprint density at radius 2 is 1.57 bits per heavy atom. The van der Waals surface area contributed by atoms with Crippen LogP contribution in [0.3, 0.4) is 0 Å². The van der Waals surface area contributed by atoms with Gasteiger partial charge in [0, 0.05) is 32.5 Å². The normalized spacial score (nSPS) is 10.5. The van der Waals surface area contributed by atoms with Gasteiger partial charge < -0.3 is 15.2 Å². The zero-order valence-corrected chi connectivity index (χ0v) is 17.1. The average molecular weight is 403 g/mol. The van der Waals surface area contributed by atoms with Crippen LogP contribution in [-0.2, 0) is 19.5 Å². The first-order valence-electron chi connectivity index (χ1n) is 9.82. The molecule has 30 heavy (non-hydrogen) atoms. The van der Waals surface area contributed by atoms with E-state index in [4.69, 9.17) is 0 Å². The number of aromatic nitrogens is 1. The fourth-order valence-electron chi connectivity index (χ4n) is 3.22. The van der Waals surface area contributed by atoms with E-state index >= 15 is 0 Å². The predicted octanol–water partition coefficient (Wildman–Crippen LogP) is 2.69. The van der Waals surface area contributed by atoms with Gasteiger partial charge in [-0.05, 0) is 24.5 Å². The Bertz CT molecular complexity index is 1100. The van der Waals surface area contributed by atoms with Gasteiger partial charge in [0.2, 0.25) is 5.43 Å². The first-order valence-corrected chi connectivity index (χ1v) is 9.82. The van der Waals surface area contributed by atoms with E-state index in [1.165, 1.54) is 19.4 Å². The molecule has 3 aromatic rings. The second-order valence-corrected chi connectivity index (χ2v) is 7.14. The summed E-state index contributed by atoms with van der Waals surface area (Å²) in [5.41, 5.74) is 2.49. The molecule has 0 unspecified atom stereocenters. The number of rotatable bonds is 7. The van der Waals surface area contributed by atoms with Gasteiger partial charge in [0.1, 0.15) is 11.1 Å². The molecule has 0 aliphatic heterocycles. The zero-order valence-electron chi connectivity index (χ0n) is 17.1. The SMILES string of the molecule is CNC(=O)c1cn(CCc2ccccc2)cc(C(=O)NCc2cccc(C)c2)c1=O. The Hall–Kier alpha value is -3.67. The van der Waals surface area contributed by atoms with Crippen LogP contribution >= 0.6 is 0 Å². The minimum absolute atomic E-state index is 0.0446. The molecule has 0 radical (unpaired) electrons. The summed E-state index contributed by atoms with van der Waals surface area (Å²) in [4.78, 5) is 37.7. The van der Waals surface area contributed by atoms with Crippen LogP contribution in [0.25, 0.3) is 0 Å². The lowest BCUT2D eigenvalue weighted by Gasteiger charge is -2.12. The molecular weight excluding hydrogens is 378 g/mol. The van der Waals surface area contributed by atoms with Crippen LogP contribution in [0.1, 0.15) is 37.4 Å². The smallest absolute Gasteiger partial charge is 0.257 e. The molecule has 0 atom stereocenters. The summed E-state index contributed by atoms with van der Waals surface area (Å²) in [5.74, 6) is -1.01. The molecule has 1 aromatic heterocycles. The Morgan fingerprint density at radius 1 is 0.900 bits per heavy atom. The van der Waals surface area contributed by atoms with Gasteiger partial charge in [-0.15, -0.1) is 0 Å². The highest BCUT2D eigenvalue weighted by Gasteiger charge is 2.18. The lowest BCUT2D eigenvalue weighted by molar-refractivity contribution is 0.0949. The second kappa shape index (κ2) is 9.69. The van der Waals surface area contributed by atoms with Crippen molar-refractivity contribution >= 4 is 11.8 Å². The molecule has 1 heterocycles. The second-order valence-electron chi connectivity index (χ2n) is 7.14. The average Bonchev–Trinajstić information content (AvgIpc) is 2.77. The Labute approximate surface area is 175 Å². The standard InChI is InChI=1S/C24H25N3O3/c1-17-7-6-10-19(13-17)14-26-24(30)21-16-27(12-11-18-8-4-3-5-9-18)15-20(22(21)28)23(29)25-2/h3-10,13,15-16H,11-12,14H2,1-2H3,(H,25,29)(H,26,30). The van der Waals surface area contributed by atoms with Crippen LogP contribution in [0.5, 0.6) is 0 Å². The summed E-state index contributed by atoms with van der Waals surface area (Å²) >= 11 is 0. The summed E-state index contributed by atoms with van der Waals surface area (Å²) in [6.45, 7) is 2.81. The fraction of sp³-hybridized carbons (Fsp3) is 0.208. The van der Waals surface area contributed by atoms with Crippen molar-refractivity contribution in [3.8, 4) is 0 Å². The molecule has 6 nitrogen and oxygen atoms in total. The van der Waals surface area contributed by atoms with Gasteiger partial charge in [0.15, 0.2) is 0 Å². The van der Waals surface area contributed by atoms with Crippen molar-refractivity contribution in [1.29, 1.82) is 0 Å². The maximum atomic E-state index is 12.8. The van der Waals surface area contributed by atoms with Crippen molar-refractivity contribution < 1.29 is 9.59 Å². The van der Waals surface area contributed by atoms with E-state index in [1.54, 1.807) is 4.57 Å². The number of hydrogen-bond donors (Lipinski definition) is 2. The molecule has 0 fully saturated rings. The highest BCUT2D eigenvalue weighted by atomic mass is 16.2. The van der Waals surface area contributed by atoms with Crippen LogP contribution in [0.2, 0.25) is 0 Å². The first-order chi connectivity index (χ1) is 14.5. The summed E-state index contributed by atoms with van der Waals surface area (Å²) in [6, 6.07) is 17.7. The Balaban J connectivity index is 1.84. The molecule has 6 heteroatoms. The quantitative estimate of drug-likeness (QED) is 0.637. The molecule has 3 rings (SSSR count). The summed E-state index contributed by atoms with van der Waals surface area (Å²) in [6.07, 6.45) is 3.73. The molecule has 154 valence electrons. The number of carbonyl (C=O) groups is 2. The third-order valence-corrected chi connectivity index (χ3v) is 4.83. The van der Waals surface area contributed by atoms with Crippen molar-refractivity contribution in [2.24, 2.45) is 0 Å². The van der Waals surface area contributed by atoms with Gasteiger partial charge in [-0.2, -0.15) is 0 Å². The van der Waals surface area contributed by atoms with Crippen molar-refractivity contribution in [3.05, 3.63) is 105 Å². The molecule has 2 amide bonds. The molecule has 0 aliphatic rings. The van der Waals surface area contributed by atoms with Gasteiger partial charge >= 0.3 is 0 Å². The lowest BCUT2D eigenvalue weighted by Crippen LogP contribution is -2.34. The van der Waals surface area contributed by atoms with E-state index in [1.807, 2.05) is 61.5 Å². The van der Waals surface area contributed by atoms with Gasteiger partial charge in [-0.25, -0.2) is 0 Å². The van der Waals surface area contributed by atoms with Gasteiger partial charge in [-0.1, -0.05) is 60.2 Å². The molecule has 0 saturated heterocycles. The van der Waals surface area contributed by atoms with Crippen LogP contribution in [0.4, 0.5) is 0 Å². The van der Waals surface area contributed by atoms with E-state index in [0.29, 0.717) is 19.5 Å². The number of carbonyl (C=O) groups excluding carboxylic acids is 2. The Kier molecular flexibility index (Phi) is 6.80. The van der Waals surface area contributed by atoms with E-state index in [0.717, 1.165) is 16.7 Å². The largest absolute Gasteiger partial charge is 0.355 e. The molecule has 0 spiro atoms. The topological polar surface area (TPSA) is 80.2 Å². The molecule has 0 bridgehead atoms. The van der Waals surface area contributed by atoms with Crippen molar-refractivity contribution in [2.75, 3.05) is 7.05 Å². The minimum atomic E-state index is -0.577. The van der Waals surface area contributed by atoms with Gasteiger partial charge in [-0.3, -0.25) is 14.4 Å². The first kappa shape index (κ1) is 21.0. The van der Waals surface area contributed by atoms with Crippen LogP contribution < -0.4 is 16.1 Å². The predicted molar refractivity (Wildman–Crippen MR) is 117 cm³/mol. The highest BCUT2D eigenvalue weighted by Crippen LogP contribution is 2.06. The van der Waals surface area contributed by atoms with Crippen molar-refractivity contribution in [2.45, 2.75) is 26.4 Å². The third-order valence-electron chi connectivity index (χ3n) is 4.83. The van der Waals surface area contributed by atoms with Crippen molar-refractivity contribution in [3.63, 3.8) is 0 Å². The van der Waals surface area contributed by atoms with Crippen LogP contribution in [-0.4, -0.2) is 23.4 Å². The number of hydrogen-bond acceptors (Lipinski definition) is 3. The number of pyridine rings is 1. The van der Waals surface area contributed by atoms with Crippen LogP contribution in [0.15, 0.2) is 71.8 Å². The number of nitrogens with zero attached hydrogens (tertiary/aromatic N) is 1. The van der Waals surface area contributed by atoms with Gasteiger partial charge in [0.05, 0.1) is 0 Å². The highest BCUT2D eigenvalue weighted by molar-refractivity contribution is 5.99. The molecule has 2 N–H and O–H groups in total. The maximum absolute atomic E-state index is 12.8. The number of aryl methyl sites for hydroxylation is 3. The van der Waals surface area contributed by atoms with E-state index in [2.05, 4.69) is 10.6 Å². The molecule has 0 aliphatic carbocycles. The molecule has 0 saturated carbocycles. The van der Waals surface area contributed by atoms with E-state index in [9.17, 15) is 14.4 Å². The van der Waals surface area contributed by atoms with Crippen LogP contribution in [0, 0.1) is 6.92 Å². The summed E-state index contributed by atoms with van der Waals surface area (Å²) in [5, 5.41) is 5.25. The number of amides is 2. The van der Waals surface area contributed by atoms with E-state index in [-0.39, 0.29) is 11.1 Å². The fourth-order valence-corrected chi connectivity index (χ4v) is 3.22. The third kappa shape index (κ3) is 5.23. The van der Waals surface area contributed by atoms with Crippen molar-refractivity contribution in [1.82, 2.24) is 15.2 Å². The molecule has 2 aromatic carbocycles.